The summed E-state index contributed by atoms with van der Waals surface area (Å²) >= 11 is 0. The first kappa shape index (κ1) is 7.41. The summed E-state index contributed by atoms with van der Waals surface area (Å²) in [5.74, 6) is 0. The maximum atomic E-state index is 3.74. The van der Waals surface area contributed by atoms with Crippen LogP contribution in [0, 0.1) is 0 Å². The third-order valence-corrected chi connectivity index (χ3v) is 2.35. The summed E-state index contributed by atoms with van der Waals surface area (Å²) in [5, 5.41) is 0. The smallest absolute Gasteiger partial charge is 0.0417 e. The lowest BCUT2D eigenvalue weighted by Gasteiger charge is -2.08. The minimum Gasteiger partial charge on any atom is -0.355 e. The monoisotopic (exact) mass is 159 g/mol. The van der Waals surface area contributed by atoms with Crippen LogP contribution in [0.4, 0.5) is 0 Å². The average molecular weight is 159 g/mol. The number of hydrogen-bond acceptors (Lipinski definition) is 0. The van der Waals surface area contributed by atoms with Crippen molar-refractivity contribution in [2.24, 2.45) is 0 Å². The highest BCUT2D eigenvalue weighted by molar-refractivity contribution is 5.60. The highest BCUT2D eigenvalue weighted by atomic mass is 14.7. The highest BCUT2D eigenvalue weighted by Gasteiger charge is 2.09. The van der Waals surface area contributed by atoms with Crippen LogP contribution in [0.1, 0.15) is 30.3 Å². The molecule has 1 nitrogen and oxygen atoms in total. The van der Waals surface area contributed by atoms with Crippen molar-refractivity contribution in [1.29, 1.82) is 0 Å². The zero-order chi connectivity index (χ0) is 8.55. The molecule has 1 N–H and O–H groups in total. The van der Waals surface area contributed by atoms with Crippen LogP contribution < -0.4 is 0 Å². The Bertz CT molecular complexity index is 342. The summed E-state index contributed by atoms with van der Waals surface area (Å²) in [5.41, 5.74) is 5.29. The van der Waals surface area contributed by atoms with Gasteiger partial charge in [-0.05, 0) is 43.5 Å². The summed E-state index contributed by atoms with van der Waals surface area (Å²) in [6.45, 7) is 5.92. The molecule has 1 aromatic heterocycles. The third kappa shape index (κ3) is 1.11. The molecule has 0 fully saturated rings. The Morgan fingerprint density at radius 1 is 1.50 bits per heavy atom. The third-order valence-electron chi connectivity index (χ3n) is 2.35. The Kier molecular flexibility index (Phi) is 1.65. The van der Waals surface area contributed by atoms with Gasteiger partial charge < -0.3 is 4.98 Å². The molecule has 0 radical (unpaired) electrons. The molecule has 2 rings (SSSR count). The van der Waals surface area contributed by atoms with Gasteiger partial charge in [0.2, 0.25) is 0 Å². The second-order valence-corrected chi connectivity index (χ2v) is 3.36. The first-order valence-corrected chi connectivity index (χ1v) is 4.31. The Morgan fingerprint density at radius 2 is 2.33 bits per heavy atom. The maximum absolute atomic E-state index is 3.74. The minimum atomic E-state index is 1.13. The quantitative estimate of drug-likeness (QED) is 0.648. The molecule has 0 bridgehead atoms. The van der Waals surface area contributed by atoms with Crippen LogP contribution in [0.15, 0.2) is 18.2 Å². The molecular formula is C11H13N. The molecule has 1 heterocycles. The number of hydrogen-bond donors (Lipinski definition) is 1. The van der Waals surface area contributed by atoms with Gasteiger partial charge in [0.05, 0.1) is 0 Å². The first-order chi connectivity index (χ1) is 5.79. The van der Waals surface area contributed by atoms with Gasteiger partial charge in [0.1, 0.15) is 0 Å². The summed E-state index contributed by atoms with van der Waals surface area (Å²) < 4.78 is 0. The molecule has 1 heteroatoms. The van der Waals surface area contributed by atoms with Crippen molar-refractivity contribution < 1.29 is 0 Å². The van der Waals surface area contributed by atoms with Crippen LogP contribution in [0.2, 0.25) is 0 Å². The standard InChI is InChI=1S/C11H13N/c1-3-10-7-9-5-4-8(2)6-11(9)12-10/h3,6-7,12H,1,4-5H2,2H3. The molecule has 0 spiro atoms. The minimum absolute atomic E-state index is 1.13. The van der Waals surface area contributed by atoms with Crippen molar-refractivity contribution >= 4 is 12.2 Å². The van der Waals surface area contributed by atoms with E-state index in [4.69, 9.17) is 0 Å². The van der Waals surface area contributed by atoms with E-state index in [0.29, 0.717) is 0 Å². The van der Waals surface area contributed by atoms with Gasteiger partial charge in [-0.25, -0.2) is 0 Å². The summed E-state index contributed by atoms with van der Waals surface area (Å²) in [7, 11) is 0. The van der Waals surface area contributed by atoms with Gasteiger partial charge in [0, 0.05) is 11.4 Å². The second kappa shape index (κ2) is 2.67. The van der Waals surface area contributed by atoms with E-state index < -0.39 is 0 Å². The molecule has 0 unspecified atom stereocenters. The zero-order valence-electron chi connectivity index (χ0n) is 7.35. The fraction of sp³-hybridized carbons (Fsp3) is 0.273. The predicted molar refractivity (Wildman–Crippen MR) is 52.9 cm³/mol. The maximum Gasteiger partial charge on any atom is 0.0417 e. The molecule has 0 aliphatic heterocycles. The predicted octanol–water partition coefficient (Wildman–Crippen LogP) is 3.01. The Labute approximate surface area is 72.8 Å². The number of nitrogens with one attached hydrogen (secondary N) is 1. The van der Waals surface area contributed by atoms with Gasteiger partial charge in [-0.2, -0.15) is 0 Å². The van der Waals surface area contributed by atoms with Gasteiger partial charge in [0.15, 0.2) is 0 Å². The van der Waals surface area contributed by atoms with E-state index in [9.17, 15) is 0 Å². The van der Waals surface area contributed by atoms with E-state index in [-0.39, 0.29) is 0 Å². The van der Waals surface area contributed by atoms with E-state index in [1.165, 1.54) is 29.7 Å². The molecule has 0 atom stereocenters. The Hall–Kier alpha value is -1.24. The second-order valence-electron chi connectivity index (χ2n) is 3.36. The van der Waals surface area contributed by atoms with Gasteiger partial charge in [-0.3, -0.25) is 0 Å². The molecule has 0 saturated heterocycles. The fourth-order valence-corrected chi connectivity index (χ4v) is 1.63. The van der Waals surface area contributed by atoms with Crippen LogP contribution in [-0.4, -0.2) is 4.98 Å². The highest BCUT2D eigenvalue weighted by Crippen LogP contribution is 2.24. The first-order valence-electron chi connectivity index (χ1n) is 4.31. The van der Waals surface area contributed by atoms with Crippen molar-refractivity contribution in [3.63, 3.8) is 0 Å². The van der Waals surface area contributed by atoms with E-state index in [1.54, 1.807) is 0 Å². The topological polar surface area (TPSA) is 15.8 Å². The molecule has 1 aliphatic rings. The summed E-state index contributed by atoms with van der Waals surface area (Å²) in [4.78, 5) is 3.32. The van der Waals surface area contributed by atoms with Gasteiger partial charge in [0.25, 0.3) is 0 Å². The summed E-state index contributed by atoms with van der Waals surface area (Å²) in [6.07, 6.45) is 6.46. The summed E-state index contributed by atoms with van der Waals surface area (Å²) in [6, 6.07) is 2.19. The Morgan fingerprint density at radius 3 is 3.08 bits per heavy atom. The lowest BCUT2D eigenvalue weighted by Crippen LogP contribution is -1.93. The van der Waals surface area contributed by atoms with Gasteiger partial charge in [-0.1, -0.05) is 12.2 Å². The zero-order valence-corrected chi connectivity index (χ0v) is 7.35. The van der Waals surface area contributed by atoms with Crippen molar-refractivity contribution in [2.45, 2.75) is 19.8 Å². The fourth-order valence-electron chi connectivity index (χ4n) is 1.63. The molecule has 0 aromatic carbocycles. The molecule has 0 amide bonds. The molecule has 1 aromatic rings. The van der Waals surface area contributed by atoms with Crippen LogP contribution >= 0.6 is 0 Å². The molecule has 0 saturated carbocycles. The van der Waals surface area contributed by atoms with Gasteiger partial charge >= 0.3 is 0 Å². The largest absolute Gasteiger partial charge is 0.355 e. The average Bonchev–Trinajstić information content (AvgIpc) is 2.46. The molecule has 1 aliphatic carbocycles. The lowest BCUT2D eigenvalue weighted by atomic mass is 9.99. The van der Waals surface area contributed by atoms with Crippen molar-refractivity contribution in [3.8, 4) is 0 Å². The van der Waals surface area contributed by atoms with E-state index in [1.807, 2.05) is 6.08 Å². The number of allylic oxidation sites excluding steroid dienone is 1. The number of fused-ring (bicyclic) bond motifs is 1. The molecular weight excluding hydrogens is 146 g/mol. The lowest BCUT2D eigenvalue weighted by molar-refractivity contribution is 0.927. The van der Waals surface area contributed by atoms with E-state index >= 15 is 0 Å². The van der Waals surface area contributed by atoms with Crippen LogP contribution in [0.3, 0.4) is 0 Å². The number of aryl methyl sites for hydroxylation is 1. The number of rotatable bonds is 1. The van der Waals surface area contributed by atoms with Crippen LogP contribution in [0.25, 0.3) is 12.2 Å². The molecule has 62 valence electrons. The number of H-pyrrole nitrogens is 1. The Balaban J connectivity index is 2.48. The van der Waals surface area contributed by atoms with E-state index in [0.717, 1.165) is 5.69 Å². The van der Waals surface area contributed by atoms with Crippen molar-refractivity contribution in [3.05, 3.63) is 35.2 Å². The van der Waals surface area contributed by atoms with Crippen molar-refractivity contribution in [2.75, 3.05) is 0 Å². The SMILES string of the molecule is C=Cc1cc2c([nH]1)C=C(C)CC2. The van der Waals surface area contributed by atoms with Gasteiger partial charge in [-0.15, -0.1) is 0 Å². The van der Waals surface area contributed by atoms with E-state index in [2.05, 4.69) is 30.6 Å². The van der Waals surface area contributed by atoms with Crippen LogP contribution in [-0.2, 0) is 6.42 Å². The normalized spacial score (nSPS) is 15.2. The molecule has 12 heavy (non-hydrogen) atoms. The van der Waals surface area contributed by atoms with Crippen LogP contribution in [0.5, 0.6) is 0 Å². The number of aromatic amines is 1. The number of aromatic nitrogens is 1. The van der Waals surface area contributed by atoms with Crippen molar-refractivity contribution in [1.82, 2.24) is 4.98 Å².